The summed E-state index contributed by atoms with van der Waals surface area (Å²) >= 11 is 3.36. The first-order valence-corrected chi connectivity index (χ1v) is 7.85. The molecule has 0 radical (unpaired) electrons. The number of aliphatic hydroxyl groups excluding tert-OH is 1. The zero-order chi connectivity index (χ0) is 14.5. The number of hydrogen-bond donors (Lipinski definition) is 2. The van der Waals surface area contributed by atoms with Gasteiger partial charge in [-0.15, -0.1) is 0 Å². The number of methoxy groups -OCH3 is 1. The van der Waals surface area contributed by atoms with Crippen LogP contribution < -0.4 is 4.74 Å². The Morgan fingerprint density at radius 3 is 2.70 bits per heavy atom. The molecule has 4 nitrogen and oxygen atoms in total. The molecule has 0 saturated heterocycles. The van der Waals surface area contributed by atoms with E-state index in [0.717, 1.165) is 31.5 Å². The molecule has 1 aliphatic carbocycles. The molecular weight excluding hydrogens is 322 g/mol. The largest absolute Gasteiger partial charge is 0.503 e. The Hall–Kier alpha value is -0.780. The van der Waals surface area contributed by atoms with Crippen LogP contribution in [0.5, 0.6) is 11.5 Å². The molecule has 0 unspecified atom stereocenters. The van der Waals surface area contributed by atoms with Crippen molar-refractivity contribution in [2.75, 3.05) is 20.3 Å². The van der Waals surface area contributed by atoms with Crippen molar-refractivity contribution < 1.29 is 14.9 Å². The molecule has 2 rings (SSSR count). The Morgan fingerprint density at radius 2 is 2.10 bits per heavy atom. The van der Waals surface area contributed by atoms with Crippen molar-refractivity contribution in [1.82, 2.24) is 4.90 Å². The van der Waals surface area contributed by atoms with Crippen LogP contribution in [0.1, 0.15) is 31.2 Å². The second kappa shape index (κ2) is 7.29. The van der Waals surface area contributed by atoms with Gasteiger partial charge < -0.3 is 14.9 Å². The minimum Gasteiger partial charge on any atom is -0.503 e. The highest BCUT2D eigenvalue weighted by molar-refractivity contribution is 9.10. The normalized spacial score (nSPS) is 14.8. The van der Waals surface area contributed by atoms with Crippen molar-refractivity contribution in [1.29, 1.82) is 0 Å². The average molecular weight is 344 g/mol. The maximum absolute atomic E-state index is 9.84. The van der Waals surface area contributed by atoms with E-state index in [0.29, 0.717) is 16.3 Å². The SMILES string of the molecule is COc1cc(CN(CCCCO)C2CC2)cc(Br)c1O. The van der Waals surface area contributed by atoms with Gasteiger partial charge >= 0.3 is 0 Å². The van der Waals surface area contributed by atoms with E-state index in [1.807, 2.05) is 12.1 Å². The van der Waals surface area contributed by atoms with Crippen LogP contribution in [0.15, 0.2) is 16.6 Å². The fourth-order valence-electron chi connectivity index (χ4n) is 2.37. The lowest BCUT2D eigenvalue weighted by Gasteiger charge is -2.22. The van der Waals surface area contributed by atoms with Crippen LogP contribution in [0.4, 0.5) is 0 Å². The number of hydrogen-bond acceptors (Lipinski definition) is 4. The van der Waals surface area contributed by atoms with Gasteiger partial charge in [0.25, 0.3) is 0 Å². The van der Waals surface area contributed by atoms with Crippen LogP contribution in [-0.4, -0.2) is 41.4 Å². The zero-order valence-corrected chi connectivity index (χ0v) is 13.4. The molecule has 112 valence electrons. The number of ether oxygens (including phenoxy) is 1. The Kier molecular flexibility index (Phi) is 5.69. The summed E-state index contributed by atoms with van der Waals surface area (Å²) < 4.78 is 5.86. The molecular formula is C15H22BrNO3. The van der Waals surface area contributed by atoms with E-state index in [4.69, 9.17) is 9.84 Å². The van der Waals surface area contributed by atoms with Gasteiger partial charge in [-0.3, -0.25) is 4.90 Å². The second-order valence-corrected chi connectivity index (χ2v) is 6.12. The van der Waals surface area contributed by atoms with Gasteiger partial charge in [0.2, 0.25) is 0 Å². The summed E-state index contributed by atoms with van der Waals surface area (Å²) in [4.78, 5) is 2.45. The number of benzene rings is 1. The Bertz CT molecular complexity index is 449. The fraction of sp³-hybridized carbons (Fsp3) is 0.600. The van der Waals surface area contributed by atoms with E-state index in [1.54, 1.807) is 7.11 Å². The number of aliphatic hydroxyl groups is 1. The number of nitrogens with zero attached hydrogens (tertiary/aromatic N) is 1. The van der Waals surface area contributed by atoms with Crippen molar-refractivity contribution in [2.45, 2.75) is 38.3 Å². The molecule has 2 N–H and O–H groups in total. The minimum atomic E-state index is 0.148. The lowest BCUT2D eigenvalue weighted by molar-refractivity contribution is 0.228. The molecule has 0 aromatic heterocycles. The smallest absolute Gasteiger partial charge is 0.172 e. The van der Waals surface area contributed by atoms with Gasteiger partial charge in [0.1, 0.15) is 0 Å². The van der Waals surface area contributed by atoms with E-state index < -0.39 is 0 Å². The third-order valence-corrected chi connectivity index (χ3v) is 4.22. The predicted molar refractivity (Wildman–Crippen MR) is 82.1 cm³/mol. The number of unbranched alkanes of at least 4 members (excludes halogenated alkanes) is 1. The van der Waals surface area contributed by atoms with Gasteiger partial charge in [0.05, 0.1) is 11.6 Å². The summed E-state index contributed by atoms with van der Waals surface area (Å²) in [6.45, 7) is 2.12. The molecule has 1 aliphatic rings. The molecule has 0 spiro atoms. The molecule has 0 aliphatic heterocycles. The molecule has 20 heavy (non-hydrogen) atoms. The van der Waals surface area contributed by atoms with Gasteiger partial charge in [-0.25, -0.2) is 0 Å². The van der Waals surface area contributed by atoms with Gasteiger partial charge in [-0.05, 0) is 65.9 Å². The lowest BCUT2D eigenvalue weighted by atomic mass is 10.1. The van der Waals surface area contributed by atoms with E-state index in [2.05, 4.69) is 20.8 Å². The molecule has 0 bridgehead atoms. The molecule has 1 aromatic carbocycles. The van der Waals surface area contributed by atoms with Crippen molar-refractivity contribution >= 4 is 15.9 Å². The average Bonchev–Trinajstić information content (AvgIpc) is 3.26. The highest BCUT2D eigenvalue weighted by atomic mass is 79.9. The molecule has 0 heterocycles. The van der Waals surface area contributed by atoms with E-state index in [-0.39, 0.29) is 12.4 Å². The topological polar surface area (TPSA) is 52.9 Å². The highest BCUT2D eigenvalue weighted by Crippen LogP contribution is 2.36. The molecule has 1 saturated carbocycles. The van der Waals surface area contributed by atoms with Gasteiger partial charge in [-0.2, -0.15) is 0 Å². The van der Waals surface area contributed by atoms with Crippen molar-refractivity contribution in [3.05, 3.63) is 22.2 Å². The second-order valence-electron chi connectivity index (χ2n) is 5.26. The van der Waals surface area contributed by atoms with Gasteiger partial charge in [-0.1, -0.05) is 0 Å². The quantitative estimate of drug-likeness (QED) is 0.712. The number of phenolic OH excluding ortho intramolecular Hbond substituents is 1. The minimum absolute atomic E-state index is 0.148. The first-order chi connectivity index (χ1) is 9.65. The number of rotatable bonds is 8. The summed E-state index contributed by atoms with van der Waals surface area (Å²) in [6.07, 6.45) is 4.39. The number of aromatic hydroxyl groups is 1. The summed E-state index contributed by atoms with van der Waals surface area (Å²) in [7, 11) is 1.56. The van der Waals surface area contributed by atoms with Crippen LogP contribution in [0.25, 0.3) is 0 Å². The van der Waals surface area contributed by atoms with Gasteiger partial charge in [0.15, 0.2) is 11.5 Å². The van der Waals surface area contributed by atoms with E-state index in [9.17, 15) is 5.11 Å². The molecule has 0 amide bonds. The summed E-state index contributed by atoms with van der Waals surface area (Å²) in [5.41, 5.74) is 1.13. The van der Waals surface area contributed by atoms with Crippen LogP contribution in [0.3, 0.4) is 0 Å². The van der Waals surface area contributed by atoms with E-state index >= 15 is 0 Å². The number of phenols is 1. The van der Waals surface area contributed by atoms with E-state index in [1.165, 1.54) is 12.8 Å². The molecule has 5 heteroatoms. The first kappa shape index (κ1) is 15.6. The third-order valence-electron chi connectivity index (χ3n) is 3.61. The third kappa shape index (κ3) is 4.11. The Morgan fingerprint density at radius 1 is 1.35 bits per heavy atom. The predicted octanol–water partition coefficient (Wildman–Crippen LogP) is 2.90. The summed E-state index contributed by atoms with van der Waals surface area (Å²) in [6, 6.07) is 4.51. The maximum Gasteiger partial charge on any atom is 0.172 e. The van der Waals surface area contributed by atoms with Crippen LogP contribution >= 0.6 is 15.9 Å². The standard InChI is InChI=1S/C15H22BrNO3/c1-20-14-9-11(8-13(16)15(14)19)10-17(12-4-5-12)6-2-3-7-18/h8-9,12,18-19H,2-7,10H2,1H3. The monoisotopic (exact) mass is 343 g/mol. The van der Waals surface area contributed by atoms with Crippen LogP contribution in [0.2, 0.25) is 0 Å². The first-order valence-electron chi connectivity index (χ1n) is 7.06. The van der Waals surface area contributed by atoms with Crippen molar-refractivity contribution in [3.8, 4) is 11.5 Å². The van der Waals surface area contributed by atoms with Crippen molar-refractivity contribution in [3.63, 3.8) is 0 Å². The summed E-state index contributed by atoms with van der Waals surface area (Å²) in [5, 5.41) is 18.7. The van der Waals surface area contributed by atoms with Crippen LogP contribution in [0, 0.1) is 0 Å². The number of halogens is 1. The van der Waals surface area contributed by atoms with Gasteiger partial charge in [0, 0.05) is 19.2 Å². The molecule has 0 atom stereocenters. The van der Waals surface area contributed by atoms with Crippen LogP contribution in [-0.2, 0) is 6.54 Å². The Balaban J connectivity index is 2.04. The van der Waals surface area contributed by atoms with Crippen molar-refractivity contribution in [2.24, 2.45) is 0 Å². The lowest BCUT2D eigenvalue weighted by Crippen LogP contribution is -2.26. The zero-order valence-electron chi connectivity index (χ0n) is 11.8. The molecule has 1 fully saturated rings. The summed E-state index contributed by atoms with van der Waals surface area (Å²) in [5.74, 6) is 0.648. The maximum atomic E-state index is 9.84. The Labute approximate surface area is 128 Å². The fourth-order valence-corrected chi connectivity index (χ4v) is 2.86. The molecule has 1 aromatic rings. The highest BCUT2D eigenvalue weighted by Gasteiger charge is 2.28.